The van der Waals surface area contributed by atoms with Gasteiger partial charge in [-0.1, -0.05) is 54.5 Å². The number of hydrogen-bond acceptors (Lipinski definition) is 12. The van der Waals surface area contributed by atoms with E-state index >= 15 is 0 Å². The average Bonchev–Trinajstić information content (AvgIpc) is 3.66. The van der Waals surface area contributed by atoms with Gasteiger partial charge in [-0.2, -0.15) is 4.89 Å². The van der Waals surface area contributed by atoms with Crippen LogP contribution in [0, 0.1) is 35.0 Å². The maximum absolute atomic E-state index is 13.9. The van der Waals surface area contributed by atoms with Crippen molar-refractivity contribution in [2.45, 2.75) is 118 Å². The Morgan fingerprint density at radius 2 is 1.74 bits per heavy atom. The minimum Gasteiger partial charge on any atom is -0.493 e. The second-order valence-electron chi connectivity index (χ2n) is 16.2. The minimum absolute atomic E-state index is 0.0460. The van der Waals surface area contributed by atoms with E-state index < -0.39 is 59.4 Å². The summed E-state index contributed by atoms with van der Waals surface area (Å²) in [6.07, 6.45) is -0.532. The van der Waals surface area contributed by atoms with Crippen LogP contribution >= 0.6 is 0 Å². The van der Waals surface area contributed by atoms with E-state index in [1.165, 1.54) is 4.90 Å². The fraction of sp³-hybridized carbons (Fsp3) is 0.744. The van der Waals surface area contributed by atoms with Gasteiger partial charge in [-0.05, 0) is 74.5 Å². The van der Waals surface area contributed by atoms with Crippen molar-refractivity contribution in [3.05, 3.63) is 23.8 Å². The molecule has 0 spiro atoms. The van der Waals surface area contributed by atoms with Crippen molar-refractivity contribution in [2.75, 3.05) is 34.1 Å². The first-order chi connectivity index (χ1) is 25.3. The molecule has 2 heterocycles. The number of rotatable bonds is 20. The predicted molar refractivity (Wildman–Crippen MR) is 200 cm³/mol. The summed E-state index contributed by atoms with van der Waals surface area (Å²) in [5.74, 6) is -1.03. The maximum Gasteiger partial charge on any atom is 0.412 e. The molecule has 1 aromatic rings. The van der Waals surface area contributed by atoms with Crippen LogP contribution in [0.1, 0.15) is 87.1 Å². The molecule has 15 nitrogen and oxygen atoms in total. The van der Waals surface area contributed by atoms with Gasteiger partial charge < -0.3 is 40.5 Å². The Balaban J connectivity index is 1.91. The van der Waals surface area contributed by atoms with Gasteiger partial charge in [0.25, 0.3) is 0 Å². The molecule has 0 bridgehead atoms. The first-order valence-electron chi connectivity index (χ1n) is 19.0. The van der Waals surface area contributed by atoms with Gasteiger partial charge in [0.15, 0.2) is 29.4 Å². The molecule has 0 aliphatic carbocycles. The summed E-state index contributed by atoms with van der Waals surface area (Å²) < 4.78 is 29.2. The number of nitrogens with two attached hydrogens (primary N) is 2. The topological polar surface area (TPSA) is 200 Å². The fourth-order valence-electron chi connectivity index (χ4n) is 6.71. The maximum atomic E-state index is 13.9. The van der Waals surface area contributed by atoms with Gasteiger partial charge in [0, 0.05) is 26.0 Å². The van der Waals surface area contributed by atoms with Crippen molar-refractivity contribution in [2.24, 2.45) is 46.5 Å². The highest BCUT2D eigenvalue weighted by Crippen LogP contribution is 2.37. The summed E-state index contributed by atoms with van der Waals surface area (Å²) in [6.45, 7) is 16.7. The van der Waals surface area contributed by atoms with Crippen LogP contribution in [-0.4, -0.2) is 93.0 Å². The highest BCUT2D eigenvalue weighted by Gasteiger charge is 2.55. The Kier molecular flexibility index (Phi) is 16.0. The Bertz CT molecular complexity index is 1430. The van der Waals surface area contributed by atoms with Gasteiger partial charge >= 0.3 is 12.1 Å². The normalized spacial score (nSPS) is 23.4. The van der Waals surface area contributed by atoms with Gasteiger partial charge in [-0.25, -0.2) is 9.59 Å². The Morgan fingerprint density at radius 3 is 2.30 bits per heavy atom. The Labute approximate surface area is 320 Å². The third-order valence-corrected chi connectivity index (χ3v) is 11.0. The summed E-state index contributed by atoms with van der Waals surface area (Å²) in [4.78, 5) is 63.4. The smallest absolute Gasteiger partial charge is 0.412 e. The van der Waals surface area contributed by atoms with Crippen LogP contribution in [0.2, 0.25) is 0 Å². The van der Waals surface area contributed by atoms with Gasteiger partial charge in [0.05, 0.1) is 24.7 Å². The summed E-state index contributed by atoms with van der Waals surface area (Å²) in [5, 5.41) is 2.91. The van der Waals surface area contributed by atoms with E-state index in [1.807, 2.05) is 39.0 Å². The van der Waals surface area contributed by atoms with E-state index in [0.717, 1.165) is 5.56 Å². The van der Waals surface area contributed by atoms with Crippen molar-refractivity contribution in [3.63, 3.8) is 0 Å². The van der Waals surface area contributed by atoms with Crippen LogP contribution in [0.4, 0.5) is 4.79 Å². The quantitative estimate of drug-likeness (QED) is 0.126. The third kappa shape index (κ3) is 10.8. The summed E-state index contributed by atoms with van der Waals surface area (Å²) >= 11 is 0. The number of benzene rings is 1. The highest BCUT2D eigenvalue weighted by molar-refractivity contribution is 5.83. The molecule has 5 N–H and O–H groups in total. The highest BCUT2D eigenvalue weighted by atomic mass is 17.2. The molecule has 2 aliphatic rings. The zero-order chi connectivity index (χ0) is 40.5. The zero-order valence-corrected chi connectivity index (χ0v) is 34.0. The molecule has 2 fully saturated rings. The molecular weight excluding hydrogens is 700 g/mol. The number of amides is 3. The number of carbonyl (C=O) groups is 4. The minimum atomic E-state index is -1.49. The largest absolute Gasteiger partial charge is 0.493 e. The lowest BCUT2D eigenvalue weighted by molar-refractivity contribution is -0.267. The summed E-state index contributed by atoms with van der Waals surface area (Å²) in [6, 6.07) is 5.34. The second-order valence-corrected chi connectivity index (χ2v) is 16.2. The lowest BCUT2D eigenvalue weighted by Crippen LogP contribution is -2.58. The Hall–Kier alpha value is -3.66. The van der Waals surface area contributed by atoms with Gasteiger partial charge in [0.2, 0.25) is 11.8 Å². The number of methoxy groups -OCH3 is 2. The number of carbonyl (C=O) groups excluding carboxylic acids is 4. The van der Waals surface area contributed by atoms with Crippen LogP contribution in [-0.2, 0) is 44.8 Å². The Morgan fingerprint density at radius 1 is 1.06 bits per heavy atom. The molecule has 0 aromatic heterocycles. The number of hydrogen-bond donors (Lipinski definition) is 3. The van der Waals surface area contributed by atoms with Crippen molar-refractivity contribution >= 4 is 23.9 Å². The molecular formula is C39H64N4O11. The lowest BCUT2D eigenvalue weighted by Gasteiger charge is -2.33. The standard InChI is InChI=1S/C39H64N4O11/c1-12-33(49-11)52-31-16-25(13-14-29(31)48-10)15-26(22(2)3)17-28-30(18-27(23(4)5)34(44)42-20-38(8,9)35(40)45)51-21-43(28)37(47)50-19-32-39(41,24(6)7)36(46)54-53-32/h13-14,16,22-24,26-28,30,32-33H,12,15,17-21,41H2,1-11H3,(H2,40,45)(H,42,44)/t26-,27-,28-,30-,32+,33-,39-/m0/s1. The van der Waals surface area contributed by atoms with Crippen molar-refractivity contribution in [3.8, 4) is 11.5 Å². The monoisotopic (exact) mass is 764 g/mol. The molecule has 2 aliphatic heterocycles. The lowest BCUT2D eigenvalue weighted by atomic mass is 9.80. The van der Waals surface area contributed by atoms with E-state index in [0.29, 0.717) is 37.2 Å². The van der Waals surface area contributed by atoms with Crippen molar-refractivity contribution in [1.29, 1.82) is 0 Å². The molecule has 3 amide bonds. The van der Waals surface area contributed by atoms with Crippen molar-refractivity contribution in [1.82, 2.24) is 10.2 Å². The van der Waals surface area contributed by atoms with Crippen LogP contribution in [0.25, 0.3) is 0 Å². The number of nitrogens with zero attached hydrogens (tertiary/aromatic N) is 1. The first kappa shape index (κ1) is 44.7. The van der Waals surface area contributed by atoms with Gasteiger partial charge in [-0.3, -0.25) is 19.4 Å². The third-order valence-electron chi connectivity index (χ3n) is 11.0. The van der Waals surface area contributed by atoms with Crippen molar-refractivity contribution < 1.29 is 52.6 Å². The summed E-state index contributed by atoms with van der Waals surface area (Å²) in [7, 11) is 3.18. The first-order valence-corrected chi connectivity index (χ1v) is 19.0. The predicted octanol–water partition coefficient (Wildman–Crippen LogP) is 4.33. The number of primary amides is 1. The van der Waals surface area contributed by atoms with E-state index in [2.05, 4.69) is 19.2 Å². The molecule has 15 heteroatoms. The molecule has 7 atom stereocenters. The van der Waals surface area contributed by atoms with Gasteiger partial charge in [0.1, 0.15) is 13.3 Å². The van der Waals surface area contributed by atoms with Crippen LogP contribution in [0.3, 0.4) is 0 Å². The van der Waals surface area contributed by atoms with E-state index in [-0.39, 0.29) is 49.5 Å². The molecule has 1 aromatic carbocycles. The fourth-order valence-corrected chi connectivity index (χ4v) is 6.71. The molecule has 0 radical (unpaired) electrons. The zero-order valence-electron chi connectivity index (χ0n) is 34.0. The summed E-state index contributed by atoms with van der Waals surface area (Å²) in [5.41, 5.74) is 10.5. The average molecular weight is 765 g/mol. The molecule has 0 unspecified atom stereocenters. The molecule has 2 saturated heterocycles. The second kappa shape index (κ2) is 19.3. The molecule has 306 valence electrons. The van der Waals surface area contributed by atoms with Gasteiger partial charge in [-0.15, -0.1) is 0 Å². The number of ether oxygens (including phenoxy) is 5. The van der Waals surface area contributed by atoms with Crippen LogP contribution < -0.4 is 26.3 Å². The molecule has 54 heavy (non-hydrogen) atoms. The molecule has 0 saturated carbocycles. The van der Waals surface area contributed by atoms with E-state index in [1.54, 1.807) is 41.9 Å². The van der Waals surface area contributed by atoms with Crippen LogP contribution in [0.5, 0.6) is 11.5 Å². The van der Waals surface area contributed by atoms with Crippen LogP contribution in [0.15, 0.2) is 18.2 Å². The number of nitrogens with one attached hydrogen (secondary N) is 1. The SMILES string of the molecule is CC[C@@H](OC)Oc1cc(C[C@@H](C[C@H]2[C@H](C[C@H](C(=O)NCC(C)(C)C(N)=O)C(C)C)OCN2C(=O)OC[C@H]2OOC(=O)[C@]2(N)C(C)C)C(C)C)ccc1OC. The molecule has 3 rings (SSSR count). The van der Waals surface area contributed by atoms with E-state index in [4.69, 9.17) is 44.9 Å². The van der Waals surface area contributed by atoms with E-state index in [9.17, 15) is 19.2 Å².